The molecule has 0 fully saturated rings. The van der Waals surface area contributed by atoms with Gasteiger partial charge >= 0.3 is 5.97 Å². The fraction of sp³-hybridized carbons (Fsp3) is 0.538. The normalized spacial score (nSPS) is 17.7. The highest BCUT2D eigenvalue weighted by Gasteiger charge is 2.34. The zero-order chi connectivity index (χ0) is 22.9. The third kappa shape index (κ3) is 4.75. The molecular formula is C26H34N2O4. The fourth-order valence-electron chi connectivity index (χ4n) is 4.67. The lowest BCUT2D eigenvalue weighted by Crippen LogP contribution is -2.29. The van der Waals surface area contributed by atoms with Crippen molar-refractivity contribution in [1.82, 2.24) is 9.78 Å². The van der Waals surface area contributed by atoms with Crippen molar-refractivity contribution in [1.29, 1.82) is 0 Å². The molecular weight excluding hydrogens is 404 g/mol. The van der Waals surface area contributed by atoms with Crippen molar-refractivity contribution in [3.8, 4) is 16.9 Å². The van der Waals surface area contributed by atoms with Crippen LogP contribution < -0.4 is 4.74 Å². The van der Waals surface area contributed by atoms with Crippen LogP contribution in [0.25, 0.3) is 16.7 Å². The minimum atomic E-state index is -1.12. The maximum absolute atomic E-state index is 12.4. The fourth-order valence-corrected chi connectivity index (χ4v) is 4.67. The van der Waals surface area contributed by atoms with E-state index in [4.69, 9.17) is 14.6 Å². The summed E-state index contributed by atoms with van der Waals surface area (Å²) in [5.41, 5.74) is 5.05. The van der Waals surface area contributed by atoms with E-state index >= 15 is 0 Å². The van der Waals surface area contributed by atoms with Gasteiger partial charge in [-0.05, 0) is 88.1 Å². The molecule has 1 unspecified atom stereocenters. The van der Waals surface area contributed by atoms with Gasteiger partial charge in [-0.25, -0.2) is 4.79 Å². The summed E-state index contributed by atoms with van der Waals surface area (Å²) in [6, 6.07) is 6.18. The molecule has 4 rings (SSSR count). The van der Waals surface area contributed by atoms with E-state index in [1.807, 2.05) is 40.0 Å². The summed E-state index contributed by atoms with van der Waals surface area (Å²) >= 11 is 0. The molecule has 2 heterocycles. The first-order valence-electron chi connectivity index (χ1n) is 11.7. The van der Waals surface area contributed by atoms with Gasteiger partial charge in [0, 0.05) is 12.6 Å². The van der Waals surface area contributed by atoms with E-state index in [9.17, 15) is 9.90 Å². The zero-order valence-electron chi connectivity index (χ0n) is 19.6. The van der Waals surface area contributed by atoms with Gasteiger partial charge in [0.1, 0.15) is 5.75 Å². The van der Waals surface area contributed by atoms with Gasteiger partial charge in [0.15, 0.2) is 6.10 Å². The SMILES string of the molecule is Cn1nc(C2=CCCCCC2)c(-c2ccc3c(c2)CCCO3)c1C(OC(C)(C)C)C(=O)O. The van der Waals surface area contributed by atoms with E-state index in [1.165, 1.54) is 18.4 Å². The van der Waals surface area contributed by atoms with Gasteiger partial charge in [-0.1, -0.05) is 18.6 Å². The topological polar surface area (TPSA) is 73.6 Å². The molecule has 1 aliphatic carbocycles. The number of aliphatic carboxylic acids is 1. The molecule has 32 heavy (non-hydrogen) atoms. The molecule has 1 aromatic carbocycles. The third-order valence-corrected chi connectivity index (χ3v) is 6.08. The number of carboxylic acid groups (broad SMARTS) is 1. The van der Waals surface area contributed by atoms with Crippen molar-refractivity contribution in [3.05, 3.63) is 41.2 Å². The molecule has 0 amide bonds. The molecule has 2 aliphatic rings. The van der Waals surface area contributed by atoms with Gasteiger partial charge in [-0.3, -0.25) is 4.68 Å². The van der Waals surface area contributed by atoms with Crippen molar-refractivity contribution in [2.24, 2.45) is 7.05 Å². The number of fused-ring (bicyclic) bond motifs is 1. The molecule has 0 bridgehead atoms. The largest absolute Gasteiger partial charge is 0.493 e. The van der Waals surface area contributed by atoms with Crippen molar-refractivity contribution in [2.45, 2.75) is 77.4 Å². The van der Waals surface area contributed by atoms with E-state index in [-0.39, 0.29) is 0 Å². The number of carbonyl (C=O) groups is 1. The van der Waals surface area contributed by atoms with Crippen LogP contribution in [0, 0.1) is 0 Å². The number of benzene rings is 1. The Morgan fingerprint density at radius 3 is 2.75 bits per heavy atom. The standard InChI is InChI=1S/C26H34N2O4/c1-26(2,3)32-24(25(29)30)23-21(19-13-14-20-18(16-19)12-9-15-31-20)22(27-28(23)4)17-10-7-5-6-8-11-17/h10,13-14,16,24H,5-9,11-12,15H2,1-4H3,(H,29,30). The van der Waals surface area contributed by atoms with Crippen LogP contribution in [0.2, 0.25) is 0 Å². The predicted molar refractivity (Wildman–Crippen MR) is 125 cm³/mol. The number of nitrogens with zero attached hydrogens (tertiary/aromatic N) is 2. The molecule has 6 heteroatoms. The van der Waals surface area contributed by atoms with Crippen LogP contribution in [0.5, 0.6) is 5.75 Å². The van der Waals surface area contributed by atoms with Gasteiger partial charge in [-0.2, -0.15) is 5.10 Å². The van der Waals surface area contributed by atoms with Crippen molar-refractivity contribution in [3.63, 3.8) is 0 Å². The molecule has 172 valence electrons. The Morgan fingerprint density at radius 2 is 2.00 bits per heavy atom. The summed E-state index contributed by atoms with van der Waals surface area (Å²) < 4.78 is 13.6. The van der Waals surface area contributed by atoms with Crippen LogP contribution in [0.15, 0.2) is 24.3 Å². The molecule has 0 saturated heterocycles. The summed E-state index contributed by atoms with van der Waals surface area (Å²) in [7, 11) is 1.82. The summed E-state index contributed by atoms with van der Waals surface area (Å²) in [6.07, 6.45) is 8.59. The van der Waals surface area contributed by atoms with Gasteiger partial charge in [0.25, 0.3) is 0 Å². The average Bonchev–Trinajstić information content (AvgIpc) is 2.91. The zero-order valence-corrected chi connectivity index (χ0v) is 19.6. The molecule has 1 aromatic heterocycles. The molecule has 0 saturated carbocycles. The number of carboxylic acids is 1. The Balaban J connectivity index is 1.92. The number of hydrogen-bond acceptors (Lipinski definition) is 4. The molecule has 2 aromatic rings. The predicted octanol–water partition coefficient (Wildman–Crippen LogP) is 5.70. The van der Waals surface area contributed by atoms with E-state index in [0.29, 0.717) is 5.69 Å². The summed E-state index contributed by atoms with van der Waals surface area (Å²) in [5.74, 6) is -0.0896. The van der Waals surface area contributed by atoms with E-state index in [2.05, 4.69) is 12.1 Å². The molecule has 0 spiro atoms. The van der Waals surface area contributed by atoms with E-state index < -0.39 is 17.7 Å². The molecule has 6 nitrogen and oxygen atoms in total. The summed E-state index contributed by atoms with van der Waals surface area (Å²) in [4.78, 5) is 12.4. The van der Waals surface area contributed by atoms with Crippen LogP contribution in [-0.4, -0.2) is 33.1 Å². The van der Waals surface area contributed by atoms with Crippen LogP contribution in [-0.2, 0) is 23.0 Å². The highest BCUT2D eigenvalue weighted by atomic mass is 16.5. The van der Waals surface area contributed by atoms with Crippen molar-refractivity contribution < 1.29 is 19.4 Å². The Hall–Kier alpha value is -2.60. The lowest BCUT2D eigenvalue weighted by molar-refractivity contribution is -0.161. The van der Waals surface area contributed by atoms with Gasteiger partial charge in [-0.15, -0.1) is 0 Å². The molecule has 0 radical (unpaired) electrons. The van der Waals surface area contributed by atoms with E-state index in [1.54, 1.807) is 4.68 Å². The number of allylic oxidation sites excluding steroid dienone is 2. The average molecular weight is 439 g/mol. The number of aromatic nitrogens is 2. The smallest absolute Gasteiger partial charge is 0.339 e. The molecule has 1 N–H and O–H groups in total. The minimum Gasteiger partial charge on any atom is -0.493 e. The van der Waals surface area contributed by atoms with Crippen LogP contribution in [0.3, 0.4) is 0 Å². The van der Waals surface area contributed by atoms with Gasteiger partial charge < -0.3 is 14.6 Å². The lowest BCUT2D eigenvalue weighted by atomic mass is 9.92. The number of rotatable bonds is 5. The van der Waals surface area contributed by atoms with Gasteiger partial charge in [0.05, 0.1) is 23.6 Å². The maximum Gasteiger partial charge on any atom is 0.339 e. The molecule has 1 atom stereocenters. The number of hydrogen-bond donors (Lipinski definition) is 1. The number of aryl methyl sites for hydroxylation is 2. The highest BCUT2D eigenvalue weighted by Crippen LogP contribution is 2.41. The van der Waals surface area contributed by atoms with Crippen LogP contribution in [0.4, 0.5) is 0 Å². The van der Waals surface area contributed by atoms with E-state index in [0.717, 1.165) is 66.8 Å². The Labute approximate surface area is 190 Å². The van der Waals surface area contributed by atoms with Crippen LogP contribution in [0.1, 0.15) is 82.4 Å². The highest BCUT2D eigenvalue weighted by molar-refractivity contribution is 5.86. The Kier molecular flexibility index (Phi) is 6.42. The summed E-state index contributed by atoms with van der Waals surface area (Å²) in [5, 5.41) is 15.0. The first kappa shape index (κ1) is 22.6. The molecule has 1 aliphatic heterocycles. The minimum absolute atomic E-state index is 0.587. The first-order valence-corrected chi connectivity index (χ1v) is 11.7. The lowest BCUT2D eigenvalue weighted by Gasteiger charge is -2.26. The quantitative estimate of drug-likeness (QED) is 0.648. The number of ether oxygens (including phenoxy) is 2. The second-order valence-electron chi connectivity index (χ2n) is 9.78. The Bertz CT molecular complexity index is 1030. The monoisotopic (exact) mass is 438 g/mol. The maximum atomic E-state index is 12.4. The van der Waals surface area contributed by atoms with Crippen LogP contribution >= 0.6 is 0 Å². The second-order valence-corrected chi connectivity index (χ2v) is 9.78. The summed E-state index contributed by atoms with van der Waals surface area (Å²) in [6.45, 7) is 6.38. The third-order valence-electron chi connectivity index (χ3n) is 6.08. The second kappa shape index (κ2) is 9.10. The Morgan fingerprint density at radius 1 is 1.19 bits per heavy atom. The van der Waals surface area contributed by atoms with Crippen molar-refractivity contribution in [2.75, 3.05) is 6.61 Å². The first-order chi connectivity index (χ1) is 15.2. The van der Waals surface area contributed by atoms with Crippen molar-refractivity contribution >= 4 is 11.5 Å². The van der Waals surface area contributed by atoms with Gasteiger partial charge in [0.2, 0.25) is 0 Å².